The Morgan fingerprint density at radius 1 is 1.38 bits per heavy atom. The van der Waals surface area contributed by atoms with Gasteiger partial charge in [-0.25, -0.2) is 0 Å². The highest BCUT2D eigenvalue weighted by molar-refractivity contribution is 9.10. The summed E-state index contributed by atoms with van der Waals surface area (Å²) in [7, 11) is 0. The molecule has 0 saturated carbocycles. The lowest BCUT2D eigenvalue weighted by atomic mass is 9.82. The molecule has 0 bridgehead atoms. The van der Waals surface area contributed by atoms with Gasteiger partial charge >= 0.3 is 0 Å². The minimum atomic E-state index is 0.223. The van der Waals surface area contributed by atoms with Gasteiger partial charge in [0.25, 0.3) is 0 Å². The van der Waals surface area contributed by atoms with Crippen LogP contribution in [0.1, 0.15) is 24.3 Å². The van der Waals surface area contributed by atoms with E-state index in [9.17, 15) is 5.11 Å². The summed E-state index contributed by atoms with van der Waals surface area (Å²) in [6.45, 7) is 1.88. The van der Waals surface area contributed by atoms with Gasteiger partial charge in [0, 0.05) is 23.6 Å². The molecule has 2 rings (SSSR count). The van der Waals surface area contributed by atoms with Crippen molar-refractivity contribution in [1.82, 2.24) is 0 Å². The van der Waals surface area contributed by atoms with Crippen molar-refractivity contribution in [3.8, 4) is 0 Å². The third-order valence-corrected chi connectivity index (χ3v) is 3.80. The average Bonchev–Trinajstić information content (AvgIpc) is 2.31. The minimum absolute atomic E-state index is 0.223. The molecule has 16 heavy (non-hydrogen) atoms. The lowest BCUT2D eigenvalue weighted by Crippen LogP contribution is -2.24. The van der Waals surface area contributed by atoms with E-state index in [2.05, 4.69) is 28.1 Å². The van der Waals surface area contributed by atoms with Gasteiger partial charge in [0.05, 0.1) is 6.61 Å². The quantitative estimate of drug-likeness (QED) is 0.925. The van der Waals surface area contributed by atoms with Crippen molar-refractivity contribution in [2.24, 2.45) is 5.92 Å². The van der Waals surface area contributed by atoms with E-state index in [1.807, 2.05) is 12.1 Å². The summed E-state index contributed by atoms with van der Waals surface area (Å²) < 4.78 is 6.44. The van der Waals surface area contributed by atoms with Crippen molar-refractivity contribution < 1.29 is 9.84 Å². The van der Waals surface area contributed by atoms with Crippen molar-refractivity contribution in [2.75, 3.05) is 19.8 Å². The predicted octanol–water partition coefficient (Wildman–Crippen LogP) is 2.95. The molecule has 2 nitrogen and oxygen atoms in total. The van der Waals surface area contributed by atoms with Gasteiger partial charge in [-0.2, -0.15) is 0 Å². The Morgan fingerprint density at radius 2 is 2.12 bits per heavy atom. The van der Waals surface area contributed by atoms with E-state index in [0.717, 1.165) is 30.5 Å². The number of hydrogen-bond donors (Lipinski definition) is 1. The molecule has 1 saturated heterocycles. The summed E-state index contributed by atoms with van der Waals surface area (Å²) in [5.41, 5.74) is 1.23. The van der Waals surface area contributed by atoms with Crippen LogP contribution in [0.4, 0.5) is 0 Å². The van der Waals surface area contributed by atoms with E-state index < -0.39 is 0 Å². The van der Waals surface area contributed by atoms with Crippen LogP contribution in [0.15, 0.2) is 28.7 Å². The first-order valence-electron chi connectivity index (χ1n) is 5.75. The maximum absolute atomic E-state index is 9.57. The molecule has 0 radical (unpaired) electrons. The summed E-state index contributed by atoms with van der Waals surface area (Å²) in [6, 6.07) is 8.25. The third-order valence-electron chi connectivity index (χ3n) is 3.31. The van der Waals surface area contributed by atoms with Crippen LogP contribution in [-0.4, -0.2) is 24.9 Å². The molecular weight excluding hydrogens is 268 g/mol. The minimum Gasteiger partial charge on any atom is -0.396 e. The van der Waals surface area contributed by atoms with Gasteiger partial charge in [0.15, 0.2) is 0 Å². The Bertz CT molecular complexity index is 334. The van der Waals surface area contributed by atoms with Gasteiger partial charge in [-0.1, -0.05) is 28.1 Å². The topological polar surface area (TPSA) is 29.5 Å². The van der Waals surface area contributed by atoms with Crippen molar-refractivity contribution in [3.05, 3.63) is 34.3 Å². The van der Waals surface area contributed by atoms with Gasteiger partial charge in [0.2, 0.25) is 0 Å². The zero-order valence-corrected chi connectivity index (χ0v) is 10.8. The number of benzene rings is 1. The fraction of sp³-hybridized carbons (Fsp3) is 0.538. The van der Waals surface area contributed by atoms with E-state index in [1.54, 1.807) is 0 Å². The summed E-state index contributed by atoms with van der Waals surface area (Å²) in [5.74, 6) is 0.800. The molecular formula is C13H17BrO2. The molecule has 1 N–H and O–H groups in total. The zero-order valence-electron chi connectivity index (χ0n) is 9.23. The number of aliphatic hydroxyl groups excluding tert-OH is 1. The lowest BCUT2D eigenvalue weighted by Gasteiger charge is -2.29. The molecule has 0 amide bonds. The van der Waals surface area contributed by atoms with E-state index in [1.165, 1.54) is 5.56 Å². The summed E-state index contributed by atoms with van der Waals surface area (Å²) in [6.07, 6.45) is 2.11. The van der Waals surface area contributed by atoms with Crippen LogP contribution >= 0.6 is 15.9 Å². The predicted molar refractivity (Wildman–Crippen MR) is 67.5 cm³/mol. The van der Waals surface area contributed by atoms with Gasteiger partial charge in [-0.15, -0.1) is 0 Å². The summed E-state index contributed by atoms with van der Waals surface area (Å²) in [4.78, 5) is 0. The monoisotopic (exact) mass is 284 g/mol. The van der Waals surface area contributed by atoms with Crippen LogP contribution in [0.25, 0.3) is 0 Å². The van der Waals surface area contributed by atoms with Crippen LogP contribution in [0.3, 0.4) is 0 Å². The highest BCUT2D eigenvalue weighted by Gasteiger charge is 2.24. The van der Waals surface area contributed by atoms with Gasteiger partial charge < -0.3 is 9.84 Å². The standard InChI is InChI=1S/C13H17BrO2/c14-12-3-1-2-11(8-12)13(9-15)10-4-6-16-7-5-10/h1-3,8,10,13,15H,4-7,9H2. The van der Waals surface area contributed by atoms with Crippen LogP contribution in [-0.2, 0) is 4.74 Å². The van der Waals surface area contributed by atoms with Crippen LogP contribution in [0.5, 0.6) is 0 Å². The maximum atomic E-state index is 9.57. The number of aliphatic hydroxyl groups is 1. The van der Waals surface area contributed by atoms with Gasteiger partial charge in [-0.3, -0.25) is 0 Å². The molecule has 0 aliphatic carbocycles. The van der Waals surface area contributed by atoms with E-state index in [4.69, 9.17) is 4.74 Å². The van der Waals surface area contributed by atoms with E-state index in [0.29, 0.717) is 5.92 Å². The Hall–Kier alpha value is -0.380. The summed E-state index contributed by atoms with van der Waals surface area (Å²) in [5, 5.41) is 9.57. The molecule has 1 aliphatic rings. The van der Waals surface area contributed by atoms with Crippen molar-refractivity contribution in [1.29, 1.82) is 0 Å². The number of ether oxygens (including phenoxy) is 1. The largest absolute Gasteiger partial charge is 0.396 e. The highest BCUT2D eigenvalue weighted by atomic mass is 79.9. The lowest BCUT2D eigenvalue weighted by molar-refractivity contribution is 0.0493. The van der Waals surface area contributed by atoms with Crippen molar-refractivity contribution >= 4 is 15.9 Å². The van der Waals surface area contributed by atoms with E-state index in [-0.39, 0.29) is 12.5 Å². The second-order valence-electron chi connectivity index (χ2n) is 4.29. The van der Waals surface area contributed by atoms with Gasteiger partial charge in [0.1, 0.15) is 0 Å². The molecule has 1 atom stereocenters. The number of rotatable bonds is 3. The van der Waals surface area contributed by atoms with E-state index >= 15 is 0 Å². The normalized spacial score (nSPS) is 19.6. The zero-order chi connectivity index (χ0) is 11.4. The van der Waals surface area contributed by atoms with Crippen LogP contribution < -0.4 is 0 Å². The molecule has 3 heteroatoms. The van der Waals surface area contributed by atoms with Crippen molar-refractivity contribution in [2.45, 2.75) is 18.8 Å². The Labute approximate surface area is 105 Å². The summed E-state index contributed by atoms with van der Waals surface area (Å²) >= 11 is 3.48. The highest BCUT2D eigenvalue weighted by Crippen LogP contribution is 2.32. The number of hydrogen-bond acceptors (Lipinski definition) is 2. The first kappa shape index (κ1) is 12.1. The SMILES string of the molecule is OCC(c1cccc(Br)c1)C1CCOCC1. The van der Waals surface area contributed by atoms with Crippen LogP contribution in [0, 0.1) is 5.92 Å². The molecule has 88 valence electrons. The molecule has 1 aliphatic heterocycles. The smallest absolute Gasteiger partial charge is 0.0502 e. The second kappa shape index (κ2) is 5.80. The Morgan fingerprint density at radius 3 is 2.75 bits per heavy atom. The fourth-order valence-electron chi connectivity index (χ4n) is 2.38. The number of halogens is 1. The molecule has 1 fully saturated rings. The fourth-order valence-corrected chi connectivity index (χ4v) is 2.80. The Kier molecular flexibility index (Phi) is 4.38. The first-order valence-corrected chi connectivity index (χ1v) is 6.54. The third kappa shape index (κ3) is 2.84. The molecule has 1 aromatic carbocycles. The Balaban J connectivity index is 2.14. The molecule has 1 unspecified atom stereocenters. The average molecular weight is 285 g/mol. The van der Waals surface area contributed by atoms with Crippen molar-refractivity contribution in [3.63, 3.8) is 0 Å². The first-order chi connectivity index (χ1) is 7.81. The molecule has 0 spiro atoms. The molecule has 0 aromatic heterocycles. The second-order valence-corrected chi connectivity index (χ2v) is 5.21. The maximum Gasteiger partial charge on any atom is 0.0502 e. The molecule has 1 aromatic rings. The van der Waals surface area contributed by atoms with Gasteiger partial charge in [-0.05, 0) is 36.5 Å². The molecule has 1 heterocycles. The van der Waals surface area contributed by atoms with Crippen LogP contribution in [0.2, 0.25) is 0 Å².